The smallest absolute Gasteiger partial charge is 0.299 e. The maximum absolute atomic E-state index is 13.4. The van der Waals surface area contributed by atoms with Gasteiger partial charge >= 0.3 is 0 Å². The quantitative estimate of drug-likeness (QED) is 0.320. The van der Waals surface area contributed by atoms with E-state index in [-0.39, 0.29) is 16.4 Å². The lowest BCUT2D eigenvalue weighted by atomic mass is 10.1. The first-order valence-electron chi connectivity index (χ1n) is 10.6. The predicted octanol–water partition coefficient (Wildman–Crippen LogP) is 4.41. The van der Waals surface area contributed by atoms with Gasteiger partial charge in [-0.25, -0.2) is 4.39 Å². The van der Waals surface area contributed by atoms with Crippen LogP contribution in [0.5, 0.6) is 0 Å². The van der Waals surface area contributed by atoms with E-state index in [0.29, 0.717) is 28.7 Å². The Labute approximate surface area is 206 Å². The SMILES string of the molecule is CCC(NS(=O)(=O)Nc1ccc2c(C(=O)Nc3ccc(F)c(Cl)c3)n(C)nc2c1)c1ccccn1. The van der Waals surface area contributed by atoms with Gasteiger partial charge < -0.3 is 5.32 Å². The second kappa shape index (κ2) is 9.98. The Balaban J connectivity index is 1.54. The number of aromatic nitrogens is 3. The molecule has 0 aliphatic carbocycles. The summed E-state index contributed by atoms with van der Waals surface area (Å²) in [6.07, 6.45) is 2.11. The van der Waals surface area contributed by atoms with Gasteiger partial charge in [-0.15, -0.1) is 0 Å². The van der Waals surface area contributed by atoms with Crippen molar-refractivity contribution >= 4 is 50.0 Å². The van der Waals surface area contributed by atoms with E-state index in [0.717, 1.165) is 6.07 Å². The second-order valence-corrected chi connectivity index (χ2v) is 9.58. The topological polar surface area (TPSA) is 118 Å². The molecule has 4 aromatic rings. The number of halogens is 2. The Morgan fingerprint density at radius 3 is 2.60 bits per heavy atom. The Morgan fingerprint density at radius 1 is 1.14 bits per heavy atom. The van der Waals surface area contributed by atoms with Crippen LogP contribution in [0.15, 0.2) is 60.8 Å². The van der Waals surface area contributed by atoms with Crippen molar-refractivity contribution in [3.05, 3.63) is 83.0 Å². The summed E-state index contributed by atoms with van der Waals surface area (Å²) in [6.45, 7) is 1.86. The van der Waals surface area contributed by atoms with Gasteiger partial charge in [0.2, 0.25) is 0 Å². The van der Waals surface area contributed by atoms with Crippen LogP contribution in [0.1, 0.15) is 35.6 Å². The average Bonchev–Trinajstić information content (AvgIpc) is 3.15. The normalized spacial score (nSPS) is 12.5. The molecule has 0 bridgehead atoms. The highest BCUT2D eigenvalue weighted by Crippen LogP contribution is 2.25. The summed E-state index contributed by atoms with van der Waals surface area (Å²) in [5.41, 5.74) is 1.86. The van der Waals surface area contributed by atoms with Gasteiger partial charge in [0.05, 0.1) is 28.0 Å². The Hall–Kier alpha value is -3.54. The number of benzene rings is 2. The van der Waals surface area contributed by atoms with Crippen LogP contribution in [-0.2, 0) is 17.3 Å². The van der Waals surface area contributed by atoms with Crippen LogP contribution in [0, 0.1) is 5.82 Å². The first-order valence-corrected chi connectivity index (χ1v) is 12.5. The predicted molar refractivity (Wildman–Crippen MR) is 133 cm³/mol. The summed E-state index contributed by atoms with van der Waals surface area (Å²) in [4.78, 5) is 17.1. The van der Waals surface area contributed by atoms with Crippen LogP contribution in [-0.4, -0.2) is 29.1 Å². The molecule has 0 fully saturated rings. The number of anilines is 2. The summed E-state index contributed by atoms with van der Waals surface area (Å²) in [5, 5.41) is 7.38. The monoisotopic (exact) mass is 516 g/mol. The summed E-state index contributed by atoms with van der Waals surface area (Å²) in [6, 6.07) is 13.3. The van der Waals surface area contributed by atoms with Crippen LogP contribution in [0.2, 0.25) is 5.02 Å². The van der Waals surface area contributed by atoms with E-state index in [9.17, 15) is 17.6 Å². The van der Waals surface area contributed by atoms with E-state index in [1.807, 2.05) is 6.92 Å². The number of hydrogen-bond acceptors (Lipinski definition) is 5. The van der Waals surface area contributed by atoms with Crippen LogP contribution in [0.25, 0.3) is 10.9 Å². The number of amides is 1. The minimum absolute atomic E-state index is 0.114. The number of carbonyl (C=O) groups excluding carboxylic acids is 1. The molecule has 1 atom stereocenters. The molecule has 2 aromatic carbocycles. The standard InChI is InChI=1S/C23H22ClFN6O3S/c1-3-19(20-6-4-5-11-26-20)30-35(33,34)29-15-7-9-16-21(13-15)28-31(2)22(16)23(32)27-14-8-10-18(25)17(24)12-14/h4-13,19,29-30H,3H2,1-2H3,(H,27,32). The van der Waals surface area contributed by atoms with E-state index in [1.54, 1.807) is 37.5 Å². The zero-order chi connectivity index (χ0) is 25.2. The zero-order valence-electron chi connectivity index (χ0n) is 18.8. The van der Waals surface area contributed by atoms with Crippen molar-refractivity contribution < 1.29 is 17.6 Å². The van der Waals surface area contributed by atoms with Crippen LogP contribution in [0.4, 0.5) is 15.8 Å². The third-order valence-corrected chi connectivity index (χ3v) is 6.62. The summed E-state index contributed by atoms with van der Waals surface area (Å²) in [5.74, 6) is -1.07. The number of hydrogen-bond donors (Lipinski definition) is 3. The highest BCUT2D eigenvalue weighted by atomic mass is 35.5. The number of nitrogens with zero attached hydrogens (tertiary/aromatic N) is 3. The lowest BCUT2D eigenvalue weighted by Crippen LogP contribution is -2.33. The van der Waals surface area contributed by atoms with Crippen molar-refractivity contribution in [3.8, 4) is 0 Å². The summed E-state index contributed by atoms with van der Waals surface area (Å²) >= 11 is 5.79. The molecule has 0 aliphatic heterocycles. The Kier molecular flexibility index (Phi) is 7.01. The largest absolute Gasteiger partial charge is 0.321 e. The highest BCUT2D eigenvalue weighted by Gasteiger charge is 2.21. The van der Waals surface area contributed by atoms with Crippen molar-refractivity contribution in [1.82, 2.24) is 19.5 Å². The molecule has 0 saturated carbocycles. The highest BCUT2D eigenvalue weighted by molar-refractivity contribution is 7.90. The number of carbonyl (C=O) groups is 1. The van der Waals surface area contributed by atoms with Crippen LogP contribution >= 0.6 is 11.6 Å². The molecule has 4 rings (SSSR count). The third-order valence-electron chi connectivity index (χ3n) is 5.23. The maximum Gasteiger partial charge on any atom is 0.299 e. The summed E-state index contributed by atoms with van der Waals surface area (Å²) in [7, 11) is -2.33. The molecule has 12 heteroatoms. The minimum Gasteiger partial charge on any atom is -0.321 e. The molecule has 0 spiro atoms. The molecule has 182 valence electrons. The fourth-order valence-corrected chi connectivity index (χ4v) is 4.94. The van der Waals surface area contributed by atoms with E-state index in [2.05, 4.69) is 24.8 Å². The molecule has 2 aromatic heterocycles. The number of rotatable bonds is 8. The maximum atomic E-state index is 13.4. The summed E-state index contributed by atoms with van der Waals surface area (Å²) < 4.78 is 45.3. The van der Waals surface area contributed by atoms with E-state index >= 15 is 0 Å². The van der Waals surface area contributed by atoms with Crippen molar-refractivity contribution in [2.24, 2.45) is 7.05 Å². The number of pyridine rings is 1. The number of fused-ring (bicyclic) bond motifs is 1. The minimum atomic E-state index is -3.93. The van der Waals surface area contributed by atoms with Gasteiger partial charge in [0.1, 0.15) is 11.5 Å². The number of nitrogens with one attached hydrogen (secondary N) is 3. The van der Waals surface area contributed by atoms with Crippen molar-refractivity contribution in [3.63, 3.8) is 0 Å². The van der Waals surface area contributed by atoms with Gasteiger partial charge in [-0.05, 0) is 55.0 Å². The van der Waals surface area contributed by atoms with E-state index in [1.165, 1.54) is 28.9 Å². The Morgan fingerprint density at radius 2 is 1.91 bits per heavy atom. The second-order valence-electron chi connectivity index (χ2n) is 7.73. The molecule has 1 amide bonds. The van der Waals surface area contributed by atoms with Crippen molar-refractivity contribution in [2.75, 3.05) is 10.0 Å². The fraction of sp³-hybridized carbons (Fsp3) is 0.174. The lowest BCUT2D eigenvalue weighted by molar-refractivity contribution is 0.101. The molecule has 0 aliphatic rings. The van der Waals surface area contributed by atoms with Gasteiger partial charge in [-0.3, -0.25) is 19.2 Å². The van der Waals surface area contributed by atoms with Crippen LogP contribution < -0.4 is 14.8 Å². The third kappa shape index (κ3) is 5.59. The van der Waals surface area contributed by atoms with Crippen molar-refractivity contribution in [2.45, 2.75) is 19.4 Å². The van der Waals surface area contributed by atoms with Crippen molar-refractivity contribution in [1.29, 1.82) is 0 Å². The molecule has 35 heavy (non-hydrogen) atoms. The lowest BCUT2D eigenvalue weighted by Gasteiger charge is -2.17. The van der Waals surface area contributed by atoms with Gasteiger partial charge in [0, 0.05) is 24.3 Å². The van der Waals surface area contributed by atoms with E-state index in [4.69, 9.17) is 11.6 Å². The molecule has 0 radical (unpaired) electrons. The molecule has 3 N–H and O–H groups in total. The molecule has 2 heterocycles. The molecule has 9 nitrogen and oxygen atoms in total. The molecular weight excluding hydrogens is 495 g/mol. The Bertz CT molecular complexity index is 1490. The first kappa shape index (κ1) is 24.6. The van der Waals surface area contributed by atoms with Crippen LogP contribution in [0.3, 0.4) is 0 Å². The van der Waals surface area contributed by atoms with Gasteiger partial charge in [0.15, 0.2) is 0 Å². The van der Waals surface area contributed by atoms with Gasteiger partial charge in [-0.1, -0.05) is 24.6 Å². The zero-order valence-corrected chi connectivity index (χ0v) is 20.4. The molecular formula is C23H22ClFN6O3S. The molecule has 0 saturated heterocycles. The van der Waals surface area contributed by atoms with Gasteiger partial charge in [0.25, 0.3) is 16.1 Å². The van der Waals surface area contributed by atoms with E-state index < -0.39 is 28.0 Å². The first-order chi connectivity index (χ1) is 16.7. The number of aryl methyl sites for hydroxylation is 1. The molecule has 1 unspecified atom stereocenters. The fourth-order valence-electron chi connectivity index (χ4n) is 3.60. The van der Waals surface area contributed by atoms with Gasteiger partial charge in [-0.2, -0.15) is 18.2 Å². The average molecular weight is 517 g/mol.